The van der Waals surface area contributed by atoms with Crippen molar-refractivity contribution in [1.29, 1.82) is 0 Å². The van der Waals surface area contributed by atoms with Gasteiger partial charge in [-0.1, -0.05) is 0 Å². The maximum atomic E-state index is 10.8. The van der Waals surface area contributed by atoms with Crippen LogP contribution in [0, 0.1) is 0 Å². The number of allylic oxidation sites excluding steroid dienone is 1. The molecule has 0 saturated heterocycles. The van der Waals surface area contributed by atoms with Gasteiger partial charge in [-0.25, -0.2) is 0 Å². The van der Waals surface area contributed by atoms with Gasteiger partial charge in [0.15, 0.2) is 0 Å². The van der Waals surface area contributed by atoms with E-state index in [1.807, 2.05) is 0 Å². The van der Waals surface area contributed by atoms with E-state index in [1.165, 1.54) is 0 Å². The molecule has 0 radical (unpaired) electrons. The van der Waals surface area contributed by atoms with E-state index in [-0.39, 0.29) is 12.3 Å². The zero-order chi connectivity index (χ0) is 5.91. The number of hydrogen-bond donors (Lipinski definition) is 1. The van der Waals surface area contributed by atoms with E-state index < -0.39 is 6.18 Å². The van der Waals surface area contributed by atoms with E-state index in [4.69, 9.17) is 5.11 Å². The first-order valence-electron chi connectivity index (χ1n) is 1.45. The standard InChI is InChI=1S/C3H3F3O/c4-3(5,6)1-2-7/h1-2,7H/b2-1+. The van der Waals surface area contributed by atoms with Crippen molar-refractivity contribution in [2.75, 3.05) is 0 Å². The molecule has 0 atom stereocenters. The highest BCUT2D eigenvalue weighted by Crippen LogP contribution is 2.14. The zero-order valence-electron chi connectivity index (χ0n) is 3.24. The van der Waals surface area contributed by atoms with Gasteiger partial charge in [-0.2, -0.15) is 13.2 Å². The molecule has 0 amide bonds. The first-order valence-corrected chi connectivity index (χ1v) is 1.45. The van der Waals surface area contributed by atoms with Crippen LogP contribution < -0.4 is 0 Å². The molecule has 0 aliphatic rings. The summed E-state index contributed by atoms with van der Waals surface area (Å²) in [6.45, 7) is 0. The normalized spacial score (nSPS) is 13.0. The third-order valence-electron chi connectivity index (χ3n) is 0.264. The van der Waals surface area contributed by atoms with Crippen molar-refractivity contribution in [1.82, 2.24) is 0 Å². The van der Waals surface area contributed by atoms with E-state index in [2.05, 4.69) is 0 Å². The minimum Gasteiger partial charge on any atom is -0.516 e. The largest absolute Gasteiger partial charge is 0.516 e. The zero-order valence-corrected chi connectivity index (χ0v) is 3.24. The number of alkyl halides is 3. The van der Waals surface area contributed by atoms with Crippen molar-refractivity contribution in [3.63, 3.8) is 0 Å². The minimum absolute atomic E-state index is 0.0417. The SMILES string of the molecule is O/C=C/C(F)(F)F. The molecular formula is C3H3F3O. The van der Waals surface area contributed by atoms with Gasteiger partial charge in [-0.3, -0.25) is 0 Å². The maximum Gasteiger partial charge on any atom is 0.412 e. The fourth-order valence-electron chi connectivity index (χ4n) is 0.0845. The molecule has 0 bridgehead atoms. The highest BCUT2D eigenvalue weighted by Gasteiger charge is 2.21. The Bertz CT molecular complexity index is 72.7. The Hall–Kier alpha value is -0.670. The summed E-state index contributed by atoms with van der Waals surface area (Å²) < 4.78 is 32.4. The average Bonchev–Trinajstić information content (AvgIpc) is 1.30. The van der Waals surface area contributed by atoms with Gasteiger partial charge in [0.2, 0.25) is 0 Å². The van der Waals surface area contributed by atoms with Crippen LogP contribution in [0.4, 0.5) is 13.2 Å². The van der Waals surface area contributed by atoms with Crippen LogP contribution in [0.15, 0.2) is 12.3 Å². The molecule has 0 aromatic rings. The number of halogens is 3. The Morgan fingerprint density at radius 3 is 1.71 bits per heavy atom. The van der Waals surface area contributed by atoms with E-state index in [1.54, 1.807) is 0 Å². The van der Waals surface area contributed by atoms with Gasteiger partial charge in [-0.05, 0) is 0 Å². The smallest absolute Gasteiger partial charge is 0.412 e. The average molecular weight is 112 g/mol. The molecule has 0 heterocycles. The first kappa shape index (κ1) is 6.33. The fourth-order valence-corrected chi connectivity index (χ4v) is 0.0845. The summed E-state index contributed by atoms with van der Waals surface area (Å²) in [6.07, 6.45) is -4.68. The summed E-state index contributed by atoms with van der Waals surface area (Å²) in [7, 11) is 0. The van der Waals surface area contributed by atoms with Gasteiger partial charge >= 0.3 is 6.18 Å². The topological polar surface area (TPSA) is 20.2 Å². The third-order valence-corrected chi connectivity index (χ3v) is 0.264. The second kappa shape index (κ2) is 1.86. The Balaban J connectivity index is 3.56. The Morgan fingerprint density at radius 2 is 1.71 bits per heavy atom. The molecule has 0 unspecified atom stereocenters. The Kier molecular flexibility index (Phi) is 1.68. The van der Waals surface area contributed by atoms with E-state index >= 15 is 0 Å². The highest BCUT2D eigenvalue weighted by molar-refractivity contribution is 4.80. The van der Waals surface area contributed by atoms with Crippen molar-refractivity contribution in [3.05, 3.63) is 12.3 Å². The molecule has 0 aromatic heterocycles. The van der Waals surface area contributed by atoms with E-state index in [9.17, 15) is 13.2 Å². The molecule has 0 aliphatic carbocycles. The van der Waals surface area contributed by atoms with Crippen LogP contribution >= 0.6 is 0 Å². The van der Waals surface area contributed by atoms with Gasteiger partial charge < -0.3 is 5.11 Å². The molecule has 0 saturated carbocycles. The summed E-state index contributed by atoms with van der Waals surface area (Å²) in [5.74, 6) is 0. The van der Waals surface area contributed by atoms with Crippen LogP contribution in [0.5, 0.6) is 0 Å². The predicted molar refractivity (Wildman–Crippen MR) is 17.8 cm³/mol. The number of rotatable bonds is 0. The monoisotopic (exact) mass is 112 g/mol. The van der Waals surface area contributed by atoms with Crippen molar-refractivity contribution in [2.24, 2.45) is 0 Å². The molecule has 0 aromatic carbocycles. The molecule has 0 fully saturated rings. The predicted octanol–water partition coefficient (Wildman–Crippen LogP) is 1.62. The molecule has 7 heavy (non-hydrogen) atoms. The van der Waals surface area contributed by atoms with Gasteiger partial charge in [0.25, 0.3) is 0 Å². The molecule has 42 valence electrons. The van der Waals surface area contributed by atoms with Crippen LogP contribution in [0.3, 0.4) is 0 Å². The lowest BCUT2D eigenvalue weighted by Gasteiger charge is -1.92. The van der Waals surface area contributed by atoms with Crippen molar-refractivity contribution in [2.45, 2.75) is 6.18 Å². The lowest BCUT2D eigenvalue weighted by Crippen LogP contribution is -1.99. The second-order valence-corrected chi connectivity index (χ2v) is 0.857. The quantitative estimate of drug-likeness (QED) is 0.472. The molecule has 1 nitrogen and oxygen atoms in total. The van der Waals surface area contributed by atoms with Crippen LogP contribution in [0.25, 0.3) is 0 Å². The first-order chi connectivity index (χ1) is 3.06. The lowest BCUT2D eigenvalue weighted by atomic mass is 10.6. The number of aliphatic hydroxyl groups is 1. The van der Waals surface area contributed by atoms with Crippen LogP contribution in [0.1, 0.15) is 0 Å². The fraction of sp³-hybridized carbons (Fsp3) is 0.333. The van der Waals surface area contributed by atoms with Gasteiger partial charge in [0.05, 0.1) is 12.3 Å². The molecule has 1 N–H and O–H groups in total. The van der Waals surface area contributed by atoms with Crippen LogP contribution in [0.2, 0.25) is 0 Å². The lowest BCUT2D eigenvalue weighted by molar-refractivity contribution is -0.0810. The van der Waals surface area contributed by atoms with Crippen molar-refractivity contribution >= 4 is 0 Å². The molecule has 0 aliphatic heterocycles. The Morgan fingerprint density at radius 1 is 1.29 bits per heavy atom. The molecule has 0 rings (SSSR count). The summed E-state index contributed by atoms with van der Waals surface area (Å²) >= 11 is 0. The summed E-state index contributed by atoms with van der Waals surface area (Å²) in [4.78, 5) is 0. The van der Waals surface area contributed by atoms with Crippen molar-refractivity contribution in [3.8, 4) is 0 Å². The summed E-state index contributed by atoms with van der Waals surface area (Å²) in [6, 6.07) is 0. The molecule has 0 spiro atoms. The molecular weight excluding hydrogens is 109 g/mol. The van der Waals surface area contributed by atoms with Crippen molar-refractivity contribution < 1.29 is 18.3 Å². The number of aliphatic hydroxyl groups excluding tert-OH is 1. The molecule has 4 heteroatoms. The van der Waals surface area contributed by atoms with Crippen LogP contribution in [-0.2, 0) is 0 Å². The Labute approximate surface area is 38.1 Å². The van der Waals surface area contributed by atoms with E-state index in [0.717, 1.165) is 0 Å². The third kappa shape index (κ3) is 5.33. The second-order valence-electron chi connectivity index (χ2n) is 0.857. The van der Waals surface area contributed by atoms with E-state index in [0.29, 0.717) is 0 Å². The minimum atomic E-state index is -4.38. The van der Waals surface area contributed by atoms with Gasteiger partial charge in [0, 0.05) is 0 Å². The summed E-state index contributed by atoms with van der Waals surface area (Å²) in [5, 5.41) is 7.50. The highest BCUT2D eigenvalue weighted by atomic mass is 19.4. The number of hydrogen-bond acceptors (Lipinski definition) is 1. The van der Waals surface area contributed by atoms with Gasteiger partial charge in [-0.15, -0.1) is 0 Å². The van der Waals surface area contributed by atoms with Crippen LogP contribution in [-0.4, -0.2) is 11.3 Å². The maximum absolute atomic E-state index is 10.8. The summed E-state index contributed by atoms with van der Waals surface area (Å²) in [5.41, 5.74) is 0. The van der Waals surface area contributed by atoms with Gasteiger partial charge in [0.1, 0.15) is 0 Å².